The van der Waals surface area contributed by atoms with Crippen LogP contribution in [0.3, 0.4) is 0 Å². The van der Waals surface area contributed by atoms with Crippen molar-refractivity contribution >= 4 is 17.7 Å². The van der Waals surface area contributed by atoms with Gasteiger partial charge in [-0.05, 0) is 43.3 Å². The maximum Gasteiger partial charge on any atom is 0.325 e. The molecule has 0 bridgehead atoms. The first kappa shape index (κ1) is 19.4. The van der Waals surface area contributed by atoms with Gasteiger partial charge in [0.2, 0.25) is 0 Å². The van der Waals surface area contributed by atoms with Crippen LogP contribution >= 0.6 is 0 Å². The van der Waals surface area contributed by atoms with Crippen LogP contribution in [0.4, 0.5) is 18.0 Å². The fourth-order valence-electron chi connectivity index (χ4n) is 2.98. The number of hydrogen-bond donors (Lipinski definition) is 1. The molecule has 3 amide bonds. The van der Waals surface area contributed by atoms with Crippen molar-refractivity contribution in [3.63, 3.8) is 0 Å². The van der Waals surface area contributed by atoms with Gasteiger partial charge in [-0.3, -0.25) is 14.5 Å². The minimum absolute atomic E-state index is 0.0688. The van der Waals surface area contributed by atoms with E-state index in [0.717, 1.165) is 24.3 Å². The fraction of sp³-hybridized carbons (Fsp3) is 0.211. The monoisotopic (exact) mass is 392 g/mol. The van der Waals surface area contributed by atoms with Gasteiger partial charge in [0.05, 0.1) is 13.7 Å². The largest absolute Gasteiger partial charge is 0.494 e. The van der Waals surface area contributed by atoms with Crippen molar-refractivity contribution in [1.82, 2.24) is 10.2 Å². The minimum atomic E-state index is -1.88. The van der Waals surface area contributed by atoms with Crippen molar-refractivity contribution < 1.29 is 32.3 Å². The first-order valence-electron chi connectivity index (χ1n) is 8.13. The molecule has 0 aliphatic carbocycles. The maximum atomic E-state index is 14.1. The fourth-order valence-corrected chi connectivity index (χ4v) is 2.98. The van der Waals surface area contributed by atoms with Gasteiger partial charge in [0, 0.05) is 11.1 Å². The third-order valence-corrected chi connectivity index (χ3v) is 4.52. The number of nitrogens with zero attached hydrogens (tertiary/aromatic N) is 1. The summed E-state index contributed by atoms with van der Waals surface area (Å²) in [6, 6.07) is 5.02. The van der Waals surface area contributed by atoms with Crippen LogP contribution in [0.1, 0.15) is 22.8 Å². The second-order valence-corrected chi connectivity index (χ2v) is 6.34. The average molecular weight is 392 g/mol. The van der Waals surface area contributed by atoms with E-state index >= 15 is 0 Å². The Morgan fingerprint density at radius 2 is 1.82 bits per heavy atom. The number of rotatable bonds is 5. The lowest BCUT2D eigenvalue weighted by Crippen LogP contribution is -2.42. The minimum Gasteiger partial charge on any atom is -0.494 e. The number of Topliss-reactive ketones (excluding diaryl/α,β-unsaturated/α-hetero) is 1. The standard InChI is InChI=1S/C19H15F3N2O4/c1-19(12-8-11(20)4-5-13(12)21)17(26)24(18(27)23-19)9-15(25)10-3-6-16(28-2)14(22)7-10/h3-8H,9H2,1-2H3,(H,23,27)/t19-/m0/s1. The number of nitrogens with one attached hydrogen (secondary N) is 1. The molecule has 1 atom stereocenters. The number of methoxy groups -OCH3 is 1. The van der Waals surface area contributed by atoms with Crippen LogP contribution in [0.15, 0.2) is 36.4 Å². The molecule has 0 saturated carbocycles. The highest BCUT2D eigenvalue weighted by molar-refractivity contribution is 6.11. The van der Waals surface area contributed by atoms with Crippen LogP contribution in [0, 0.1) is 17.5 Å². The van der Waals surface area contributed by atoms with E-state index in [0.29, 0.717) is 4.90 Å². The molecule has 1 aliphatic heterocycles. The molecule has 0 aromatic heterocycles. The van der Waals surface area contributed by atoms with Crippen molar-refractivity contribution in [2.45, 2.75) is 12.5 Å². The molecule has 1 heterocycles. The molecule has 28 heavy (non-hydrogen) atoms. The molecule has 9 heteroatoms. The highest BCUT2D eigenvalue weighted by Gasteiger charge is 2.50. The van der Waals surface area contributed by atoms with Crippen molar-refractivity contribution in [3.8, 4) is 5.75 Å². The third-order valence-electron chi connectivity index (χ3n) is 4.52. The van der Waals surface area contributed by atoms with E-state index in [4.69, 9.17) is 4.74 Å². The number of benzene rings is 2. The van der Waals surface area contributed by atoms with Crippen LogP contribution in [0.25, 0.3) is 0 Å². The molecule has 2 aromatic carbocycles. The van der Waals surface area contributed by atoms with Gasteiger partial charge < -0.3 is 10.1 Å². The summed E-state index contributed by atoms with van der Waals surface area (Å²) in [5.74, 6) is -4.16. The number of ketones is 1. The molecule has 1 aliphatic rings. The molecule has 6 nitrogen and oxygen atoms in total. The Kier molecular flexibility index (Phi) is 4.84. The molecule has 2 aromatic rings. The lowest BCUT2D eigenvalue weighted by molar-refractivity contribution is -0.130. The Balaban J connectivity index is 1.87. The average Bonchev–Trinajstić information content (AvgIpc) is 2.87. The lowest BCUT2D eigenvalue weighted by atomic mass is 9.91. The van der Waals surface area contributed by atoms with Gasteiger partial charge in [0.15, 0.2) is 17.3 Å². The smallest absolute Gasteiger partial charge is 0.325 e. The van der Waals surface area contributed by atoms with Crippen LogP contribution in [-0.2, 0) is 10.3 Å². The summed E-state index contributed by atoms with van der Waals surface area (Å²) in [5.41, 5.74) is -2.32. The zero-order valence-corrected chi connectivity index (χ0v) is 14.9. The second-order valence-electron chi connectivity index (χ2n) is 6.34. The highest BCUT2D eigenvalue weighted by atomic mass is 19.1. The van der Waals surface area contributed by atoms with Gasteiger partial charge in [-0.1, -0.05) is 0 Å². The molecule has 146 valence electrons. The highest BCUT2D eigenvalue weighted by Crippen LogP contribution is 2.31. The number of ether oxygens (including phenoxy) is 1. The molecule has 0 radical (unpaired) electrons. The van der Waals surface area contributed by atoms with Crippen molar-refractivity contribution in [3.05, 3.63) is 65.0 Å². The van der Waals surface area contributed by atoms with Crippen LogP contribution in [-0.4, -0.2) is 36.3 Å². The van der Waals surface area contributed by atoms with Crippen LogP contribution in [0.5, 0.6) is 5.75 Å². The Morgan fingerprint density at radius 1 is 1.11 bits per heavy atom. The lowest BCUT2D eigenvalue weighted by Gasteiger charge is -2.22. The van der Waals surface area contributed by atoms with E-state index in [1.807, 2.05) is 0 Å². The molecule has 3 rings (SSSR count). The van der Waals surface area contributed by atoms with E-state index < -0.39 is 47.3 Å². The summed E-state index contributed by atoms with van der Waals surface area (Å²) < 4.78 is 46.2. The quantitative estimate of drug-likeness (QED) is 0.627. The van der Waals surface area contributed by atoms with Gasteiger partial charge in [0.1, 0.15) is 17.2 Å². The molecule has 0 unspecified atom stereocenters. The second kappa shape index (κ2) is 6.99. The van der Waals surface area contributed by atoms with E-state index in [1.165, 1.54) is 26.2 Å². The van der Waals surface area contributed by atoms with E-state index in [1.54, 1.807) is 0 Å². The predicted molar refractivity (Wildman–Crippen MR) is 91.2 cm³/mol. The Bertz CT molecular complexity index is 995. The first-order chi connectivity index (χ1) is 13.2. The normalized spacial score (nSPS) is 19.0. The Hall–Kier alpha value is -3.36. The molecule has 1 saturated heterocycles. The van der Waals surface area contributed by atoms with Crippen molar-refractivity contribution in [1.29, 1.82) is 0 Å². The van der Waals surface area contributed by atoms with Gasteiger partial charge in [-0.15, -0.1) is 0 Å². The van der Waals surface area contributed by atoms with E-state index in [9.17, 15) is 27.6 Å². The van der Waals surface area contributed by atoms with Crippen molar-refractivity contribution in [2.75, 3.05) is 13.7 Å². The number of carbonyl (C=O) groups excluding carboxylic acids is 3. The summed E-state index contributed by atoms with van der Waals surface area (Å²) in [4.78, 5) is 38.0. The Morgan fingerprint density at radius 3 is 2.46 bits per heavy atom. The first-order valence-corrected chi connectivity index (χ1v) is 8.13. The SMILES string of the molecule is COc1ccc(C(=O)CN2C(=O)N[C@@](C)(c3cc(F)ccc3F)C2=O)cc1F. The summed E-state index contributed by atoms with van der Waals surface area (Å²) in [6.07, 6.45) is 0. The van der Waals surface area contributed by atoms with Gasteiger partial charge in [0.25, 0.3) is 5.91 Å². The number of carbonyl (C=O) groups is 3. The maximum absolute atomic E-state index is 14.1. The summed E-state index contributed by atoms with van der Waals surface area (Å²) in [5, 5.41) is 2.29. The molecular weight excluding hydrogens is 377 g/mol. The van der Waals surface area contributed by atoms with E-state index in [-0.39, 0.29) is 16.9 Å². The zero-order chi connectivity index (χ0) is 20.6. The van der Waals surface area contributed by atoms with Crippen molar-refractivity contribution in [2.24, 2.45) is 0 Å². The van der Waals surface area contributed by atoms with Gasteiger partial charge >= 0.3 is 6.03 Å². The predicted octanol–water partition coefficient (Wildman–Crippen LogP) is 2.76. The van der Waals surface area contributed by atoms with Gasteiger partial charge in [-0.2, -0.15) is 0 Å². The Labute approximate surface area is 157 Å². The number of hydrogen-bond acceptors (Lipinski definition) is 4. The topological polar surface area (TPSA) is 75.7 Å². The third kappa shape index (κ3) is 3.19. The zero-order valence-electron chi connectivity index (χ0n) is 14.9. The summed E-state index contributed by atoms with van der Waals surface area (Å²) in [7, 11) is 1.26. The summed E-state index contributed by atoms with van der Waals surface area (Å²) >= 11 is 0. The molecule has 1 N–H and O–H groups in total. The number of imide groups is 1. The van der Waals surface area contributed by atoms with E-state index in [2.05, 4.69) is 5.32 Å². The van der Waals surface area contributed by atoms with Gasteiger partial charge in [-0.25, -0.2) is 18.0 Å². The number of urea groups is 1. The molecule has 0 spiro atoms. The number of amides is 3. The van der Waals surface area contributed by atoms with Crippen LogP contribution in [0.2, 0.25) is 0 Å². The summed E-state index contributed by atoms with van der Waals surface area (Å²) in [6.45, 7) is 0.519. The molecular formula is C19H15F3N2O4. The number of halogens is 3. The molecule has 1 fully saturated rings. The van der Waals surface area contributed by atoms with Crippen LogP contribution < -0.4 is 10.1 Å².